The largest absolute Gasteiger partial charge is 0.376 e. The van der Waals surface area contributed by atoms with Gasteiger partial charge in [-0.25, -0.2) is 0 Å². The topological polar surface area (TPSA) is 21.3 Å². The van der Waals surface area contributed by atoms with Crippen LogP contribution in [-0.4, -0.2) is 18.8 Å². The van der Waals surface area contributed by atoms with E-state index in [0.717, 1.165) is 19.7 Å². The Balaban J connectivity index is 1.86. The van der Waals surface area contributed by atoms with Gasteiger partial charge in [0.15, 0.2) is 0 Å². The molecule has 1 heterocycles. The van der Waals surface area contributed by atoms with Crippen molar-refractivity contribution < 1.29 is 4.74 Å². The Labute approximate surface area is 130 Å². The highest BCUT2D eigenvalue weighted by Gasteiger charge is 2.42. The second-order valence-corrected chi connectivity index (χ2v) is 7.46. The second-order valence-electron chi connectivity index (χ2n) is 7.46. The van der Waals surface area contributed by atoms with Crippen molar-refractivity contribution >= 4 is 0 Å². The Morgan fingerprint density at radius 3 is 2.52 bits per heavy atom. The lowest BCUT2D eigenvalue weighted by Gasteiger charge is -2.48. The van der Waals surface area contributed by atoms with Crippen LogP contribution in [0.5, 0.6) is 0 Å². The maximum absolute atomic E-state index is 5.93. The van der Waals surface area contributed by atoms with Crippen molar-refractivity contribution in [2.24, 2.45) is 11.3 Å². The van der Waals surface area contributed by atoms with E-state index in [4.69, 9.17) is 4.74 Å². The van der Waals surface area contributed by atoms with Crippen LogP contribution in [-0.2, 0) is 11.3 Å². The molecule has 0 saturated carbocycles. The zero-order valence-electron chi connectivity index (χ0n) is 14.1. The fourth-order valence-electron chi connectivity index (χ4n) is 3.68. The van der Waals surface area contributed by atoms with E-state index in [1.54, 1.807) is 0 Å². The predicted molar refractivity (Wildman–Crippen MR) is 89.3 cm³/mol. The normalized spacial score (nSPS) is 25.2. The molecule has 1 unspecified atom stereocenters. The first kappa shape index (κ1) is 16.5. The van der Waals surface area contributed by atoms with Crippen molar-refractivity contribution in [2.45, 2.75) is 59.1 Å². The third-order valence-corrected chi connectivity index (χ3v) is 5.07. The van der Waals surface area contributed by atoms with Gasteiger partial charge in [0.2, 0.25) is 0 Å². The van der Waals surface area contributed by atoms with E-state index in [2.05, 4.69) is 63.3 Å². The van der Waals surface area contributed by atoms with Crippen LogP contribution in [0.1, 0.15) is 52.5 Å². The van der Waals surface area contributed by atoms with Crippen LogP contribution in [0.25, 0.3) is 0 Å². The molecule has 1 N–H and O–H groups in total. The van der Waals surface area contributed by atoms with Crippen molar-refractivity contribution in [3.63, 3.8) is 0 Å². The molecule has 0 aliphatic carbocycles. The first-order valence-electron chi connectivity index (χ1n) is 8.32. The number of rotatable bonds is 6. The Morgan fingerprint density at radius 2 is 1.90 bits per heavy atom. The summed E-state index contributed by atoms with van der Waals surface area (Å²) in [5, 5.41) is 3.62. The summed E-state index contributed by atoms with van der Waals surface area (Å²) in [6.07, 6.45) is 3.61. The van der Waals surface area contributed by atoms with E-state index in [-0.39, 0.29) is 5.60 Å². The van der Waals surface area contributed by atoms with E-state index in [9.17, 15) is 0 Å². The Bertz CT molecular complexity index is 426. The van der Waals surface area contributed by atoms with Crippen LogP contribution < -0.4 is 5.32 Å². The molecule has 1 aromatic rings. The number of benzene rings is 1. The maximum atomic E-state index is 5.93. The summed E-state index contributed by atoms with van der Waals surface area (Å²) in [7, 11) is 0. The summed E-state index contributed by atoms with van der Waals surface area (Å²) in [4.78, 5) is 0. The highest BCUT2D eigenvalue weighted by Crippen LogP contribution is 2.46. The Hall–Kier alpha value is -0.860. The van der Waals surface area contributed by atoms with Gasteiger partial charge < -0.3 is 10.1 Å². The Kier molecular flexibility index (Phi) is 5.45. The van der Waals surface area contributed by atoms with Crippen LogP contribution in [0.15, 0.2) is 30.3 Å². The number of hydrogen-bond donors (Lipinski definition) is 1. The third-order valence-electron chi connectivity index (χ3n) is 5.07. The second kappa shape index (κ2) is 6.93. The molecular formula is C19H31NO. The fraction of sp³-hybridized carbons (Fsp3) is 0.684. The summed E-state index contributed by atoms with van der Waals surface area (Å²) in [6.45, 7) is 12.2. The third kappa shape index (κ3) is 4.55. The van der Waals surface area contributed by atoms with Crippen molar-refractivity contribution in [3.8, 4) is 0 Å². The molecule has 0 bridgehead atoms. The summed E-state index contributed by atoms with van der Waals surface area (Å²) >= 11 is 0. The molecule has 1 atom stereocenters. The molecule has 21 heavy (non-hydrogen) atoms. The molecular weight excluding hydrogens is 258 g/mol. The van der Waals surface area contributed by atoms with E-state index in [0.29, 0.717) is 11.3 Å². The summed E-state index contributed by atoms with van der Waals surface area (Å²) in [5.41, 5.74) is 1.82. The molecule has 1 aliphatic heterocycles. The minimum Gasteiger partial charge on any atom is -0.376 e. The molecule has 2 nitrogen and oxygen atoms in total. The van der Waals surface area contributed by atoms with Crippen LogP contribution in [0, 0.1) is 11.3 Å². The lowest BCUT2D eigenvalue weighted by Crippen LogP contribution is -2.45. The minimum absolute atomic E-state index is 0.0297. The van der Waals surface area contributed by atoms with E-state index in [1.807, 2.05) is 0 Å². The molecule has 1 aliphatic rings. The smallest absolute Gasteiger partial charge is 0.0631 e. The van der Waals surface area contributed by atoms with E-state index < -0.39 is 0 Å². The lowest BCUT2D eigenvalue weighted by molar-refractivity contribution is -0.121. The molecule has 0 aromatic heterocycles. The van der Waals surface area contributed by atoms with Crippen LogP contribution in [0.4, 0.5) is 0 Å². The minimum atomic E-state index is 0.0297. The van der Waals surface area contributed by atoms with Crippen LogP contribution >= 0.6 is 0 Å². The monoisotopic (exact) mass is 289 g/mol. The number of ether oxygens (including phenoxy) is 1. The van der Waals surface area contributed by atoms with E-state index >= 15 is 0 Å². The molecule has 1 fully saturated rings. The average molecular weight is 289 g/mol. The lowest BCUT2D eigenvalue weighted by atomic mass is 9.65. The van der Waals surface area contributed by atoms with Gasteiger partial charge in [0.05, 0.1) is 5.60 Å². The van der Waals surface area contributed by atoms with Crippen molar-refractivity contribution in [1.29, 1.82) is 0 Å². The number of hydrogen-bond acceptors (Lipinski definition) is 2. The molecule has 1 saturated heterocycles. The average Bonchev–Trinajstić information content (AvgIpc) is 2.43. The van der Waals surface area contributed by atoms with Gasteiger partial charge in [-0.2, -0.15) is 0 Å². The van der Waals surface area contributed by atoms with Crippen molar-refractivity contribution in [2.75, 3.05) is 13.2 Å². The fourth-order valence-corrected chi connectivity index (χ4v) is 3.68. The molecule has 0 radical (unpaired) electrons. The first-order valence-corrected chi connectivity index (χ1v) is 8.32. The summed E-state index contributed by atoms with van der Waals surface area (Å²) in [5.74, 6) is 0.708. The number of nitrogens with one attached hydrogen (secondary N) is 1. The quantitative estimate of drug-likeness (QED) is 0.784. The Morgan fingerprint density at radius 1 is 1.19 bits per heavy atom. The highest BCUT2D eigenvalue weighted by atomic mass is 16.5. The van der Waals surface area contributed by atoms with Gasteiger partial charge in [0, 0.05) is 13.2 Å². The molecule has 0 amide bonds. The van der Waals surface area contributed by atoms with Gasteiger partial charge >= 0.3 is 0 Å². The standard InChI is InChI=1S/C19H31NO/c1-16(2)19(11-13-21-18(3,4)15-19)10-12-20-14-17-8-6-5-7-9-17/h5-9,16,20H,10-15H2,1-4H3. The van der Waals surface area contributed by atoms with Gasteiger partial charge in [-0.05, 0) is 56.6 Å². The van der Waals surface area contributed by atoms with Gasteiger partial charge in [-0.1, -0.05) is 44.2 Å². The SMILES string of the molecule is CC(C)C1(CCNCc2ccccc2)CCOC(C)(C)C1. The van der Waals surface area contributed by atoms with Crippen molar-refractivity contribution in [1.82, 2.24) is 5.32 Å². The molecule has 1 aromatic carbocycles. The van der Waals surface area contributed by atoms with Gasteiger partial charge in [-0.3, -0.25) is 0 Å². The van der Waals surface area contributed by atoms with Crippen LogP contribution in [0.2, 0.25) is 0 Å². The summed E-state index contributed by atoms with van der Waals surface area (Å²) in [6, 6.07) is 10.6. The van der Waals surface area contributed by atoms with E-state index in [1.165, 1.54) is 24.8 Å². The molecule has 2 rings (SSSR count). The predicted octanol–water partition coefficient (Wildman–Crippen LogP) is 4.40. The molecule has 118 valence electrons. The summed E-state index contributed by atoms with van der Waals surface area (Å²) < 4.78 is 5.93. The van der Waals surface area contributed by atoms with Gasteiger partial charge in [-0.15, -0.1) is 0 Å². The zero-order chi connectivity index (χ0) is 15.3. The maximum Gasteiger partial charge on any atom is 0.0631 e. The first-order chi connectivity index (χ1) is 9.94. The van der Waals surface area contributed by atoms with Crippen molar-refractivity contribution in [3.05, 3.63) is 35.9 Å². The van der Waals surface area contributed by atoms with Crippen LogP contribution in [0.3, 0.4) is 0 Å². The van der Waals surface area contributed by atoms with Gasteiger partial charge in [0.25, 0.3) is 0 Å². The van der Waals surface area contributed by atoms with Gasteiger partial charge in [0.1, 0.15) is 0 Å². The highest BCUT2D eigenvalue weighted by molar-refractivity contribution is 5.14. The zero-order valence-corrected chi connectivity index (χ0v) is 14.1. The molecule has 0 spiro atoms. The molecule has 2 heteroatoms.